The number of benzene rings is 1. The first kappa shape index (κ1) is 31.1. The Morgan fingerprint density at radius 3 is 2.42 bits per heavy atom. The van der Waals surface area contributed by atoms with Crippen LogP contribution in [0, 0.1) is 23.7 Å². The van der Waals surface area contributed by atoms with E-state index in [1.54, 1.807) is 28.4 Å². The molecule has 4 atom stereocenters. The maximum atomic E-state index is 13.1. The number of allylic oxidation sites excluding steroid dienone is 4. The van der Waals surface area contributed by atoms with Gasteiger partial charge < -0.3 is 34.7 Å². The molecule has 0 radical (unpaired) electrons. The Labute approximate surface area is 239 Å². The van der Waals surface area contributed by atoms with E-state index in [1.165, 1.54) is 18.9 Å². The van der Waals surface area contributed by atoms with Gasteiger partial charge in [-0.25, -0.2) is 0 Å². The highest BCUT2D eigenvalue weighted by atomic mass is 16.5. The van der Waals surface area contributed by atoms with E-state index in [4.69, 9.17) is 29.4 Å². The van der Waals surface area contributed by atoms with Crippen molar-refractivity contribution < 1.29 is 28.5 Å². The summed E-state index contributed by atoms with van der Waals surface area (Å²) in [6.45, 7) is 3.73. The summed E-state index contributed by atoms with van der Waals surface area (Å²) < 4.78 is 27.0. The molecule has 3 N–H and O–H groups in total. The highest BCUT2D eigenvalue weighted by Gasteiger charge is 2.42. The van der Waals surface area contributed by atoms with Gasteiger partial charge in [-0.1, -0.05) is 12.2 Å². The lowest BCUT2D eigenvalue weighted by Crippen LogP contribution is -2.40. The van der Waals surface area contributed by atoms with E-state index in [2.05, 4.69) is 17.5 Å². The number of nitrogen functional groups attached to an aromatic ring is 1. The Bertz CT molecular complexity index is 1120. The van der Waals surface area contributed by atoms with Gasteiger partial charge in [0.15, 0.2) is 11.5 Å². The number of esters is 1. The Morgan fingerprint density at radius 1 is 1.02 bits per heavy atom. The van der Waals surface area contributed by atoms with E-state index in [1.807, 2.05) is 31.2 Å². The maximum absolute atomic E-state index is 13.1. The van der Waals surface area contributed by atoms with Gasteiger partial charge in [0.1, 0.15) is 12.0 Å². The third-order valence-electron chi connectivity index (χ3n) is 8.26. The molecule has 1 aromatic carbocycles. The second-order valence-electron chi connectivity index (χ2n) is 10.4. The molecular formula is C32H46N2O6. The molecule has 3 rings (SSSR count). The number of rotatable bonds is 9. The highest BCUT2D eigenvalue weighted by Crippen LogP contribution is 2.46. The van der Waals surface area contributed by atoms with Crippen LogP contribution in [0.15, 0.2) is 59.8 Å². The molecule has 1 heterocycles. The van der Waals surface area contributed by atoms with E-state index in [0.717, 1.165) is 62.1 Å². The first-order valence-electron chi connectivity index (χ1n) is 14.0. The van der Waals surface area contributed by atoms with Crippen LogP contribution in [0.4, 0.5) is 5.69 Å². The van der Waals surface area contributed by atoms with Crippen molar-refractivity contribution in [3.8, 4) is 5.75 Å². The zero-order chi connectivity index (χ0) is 29.1. The summed E-state index contributed by atoms with van der Waals surface area (Å²) in [5.74, 6) is 2.15. The van der Waals surface area contributed by atoms with Crippen LogP contribution in [0.3, 0.4) is 0 Å². The smallest absolute Gasteiger partial charge is 0.308 e. The Hall–Kier alpha value is -3.39. The number of hydrogen-bond donors (Lipinski definition) is 2. The molecule has 1 aromatic rings. The molecule has 1 fully saturated rings. The molecule has 1 aliphatic carbocycles. The molecule has 40 heavy (non-hydrogen) atoms. The average Bonchev–Trinajstić information content (AvgIpc) is 2.98. The van der Waals surface area contributed by atoms with Crippen LogP contribution in [0.25, 0.3) is 5.57 Å². The first-order chi connectivity index (χ1) is 19.4. The molecule has 2 aliphatic rings. The molecule has 1 aliphatic heterocycles. The Kier molecular flexibility index (Phi) is 12.0. The van der Waals surface area contributed by atoms with Crippen LogP contribution in [-0.4, -0.2) is 54.6 Å². The highest BCUT2D eigenvalue weighted by molar-refractivity contribution is 5.76. The largest absolute Gasteiger partial charge is 0.500 e. The molecule has 0 saturated heterocycles. The van der Waals surface area contributed by atoms with Gasteiger partial charge in [-0.15, -0.1) is 0 Å². The van der Waals surface area contributed by atoms with Crippen molar-refractivity contribution in [2.45, 2.75) is 39.0 Å². The van der Waals surface area contributed by atoms with Gasteiger partial charge in [0.25, 0.3) is 0 Å². The lowest BCUT2D eigenvalue weighted by atomic mass is 9.63. The van der Waals surface area contributed by atoms with E-state index >= 15 is 0 Å². The van der Waals surface area contributed by atoms with Crippen molar-refractivity contribution >= 4 is 17.2 Å². The zero-order valence-corrected chi connectivity index (χ0v) is 24.8. The summed E-state index contributed by atoms with van der Waals surface area (Å²) >= 11 is 0. The number of methoxy groups -OCH3 is 5. The van der Waals surface area contributed by atoms with Gasteiger partial charge >= 0.3 is 5.97 Å². The number of ether oxygens (including phenoxy) is 5. The normalized spacial score (nSPS) is 26.1. The van der Waals surface area contributed by atoms with Gasteiger partial charge in [0, 0.05) is 17.3 Å². The van der Waals surface area contributed by atoms with Gasteiger partial charge in [-0.2, -0.15) is 0 Å². The standard InChI is InChI=1S/C32H46N2O6/c1-7-21(18-30(38-4)31(39-5)20-36-2)24-16-23-9-8-22(27-11-10-25(37-3)19-29(27)33)12-14-34-15-13-26(23)28(17-24)32(35)40-6/h7-8,10-11,18-20,23-24,26,28,34H,9,12-17,33H2,1-6H3/b21-7+,22-8+,30-18+,31-20-/t23-,24?,26-,28?/m0/s1. The zero-order valence-electron chi connectivity index (χ0n) is 24.8. The van der Waals surface area contributed by atoms with Crippen LogP contribution in [0.2, 0.25) is 0 Å². The number of nitrogens with one attached hydrogen (secondary N) is 1. The molecule has 8 heteroatoms. The fourth-order valence-corrected chi connectivity index (χ4v) is 6.20. The van der Waals surface area contributed by atoms with Crippen LogP contribution in [0.5, 0.6) is 5.75 Å². The van der Waals surface area contributed by atoms with Gasteiger partial charge in [0.05, 0.1) is 41.5 Å². The average molecular weight is 555 g/mol. The van der Waals surface area contributed by atoms with Crippen LogP contribution in [-0.2, 0) is 23.7 Å². The number of carbonyl (C=O) groups is 1. The van der Waals surface area contributed by atoms with Gasteiger partial charge in [-0.05, 0) is 99.2 Å². The van der Waals surface area contributed by atoms with Gasteiger partial charge in [0.2, 0.25) is 0 Å². The Morgan fingerprint density at radius 2 is 1.80 bits per heavy atom. The second kappa shape index (κ2) is 15.4. The first-order valence-corrected chi connectivity index (χ1v) is 14.0. The minimum absolute atomic E-state index is 0.136. The van der Waals surface area contributed by atoms with Gasteiger partial charge in [-0.3, -0.25) is 4.79 Å². The molecule has 0 amide bonds. The van der Waals surface area contributed by atoms with Crippen molar-refractivity contribution in [1.82, 2.24) is 5.32 Å². The minimum atomic E-state index is -0.191. The van der Waals surface area contributed by atoms with E-state index in [9.17, 15) is 4.79 Å². The predicted octanol–water partition coefficient (Wildman–Crippen LogP) is 5.48. The lowest BCUT2D eigenvalue weighted by Gasteiger charge is -2.41. The van der Waals surface area contributed by atoms with E-state index in [0.29, 0.717) is 23.1 Å². The van der Waals surface area contributed by atoms with Crippen molar-refractivity contribution in [3.05, 3.63) is 65.3 Å². The van der Waals surface area contributed by atoms with E-state index < -0.39 is 0 Å². The molecule has 220 valence electrons. The molecule has 8 nitrogen and oxygen atoms in total. The second-order valence-corrected chi connectivity index (χ2v) is 10.4. The summed E-state index contributed by atoms with van der Waals surface area (Å²) in [4.78, 5) is 13.1. The summed E-state index contributed by atoms with van der Waals surface area (Å²) in [7, 11) is 7.90. The predicted molar refractivity (Wildman–Crippen MR) is 158 cm³/mol. The minimum Gasteiger partial charge on any atom is -0.500 e. The van der Waals surface area contributed by atoms with Crippen molar-refractivity contribution in [2.75, 3.05) is 54.4 Å². The molecule has 1 saturated carbocycles. The third kappa shape index (κ3) is 7.62. The number of fused-ring (bicyclic) bond motifs is 1. The van der Waals surface area contributed by atoms with E-state index in [-0.39, 0.29) is 23.7 Å². The topological polar surface area (TPSA) is 101 Å². The van der Waals surface area contributed by atoms with Crippen LogP contribution < -0.4 is 15.8 Å². The molecular weight excluding hydrogens is 508 g/mol. The summed E-state index contributed by atoms with van der Waals surface area (Å²) in [5, 5.41) is 3.59. The van der Waals surface area contributed by atoms with Crippen LogP contribution in [0.1, 0.15) is 44.6 Å². The number of hydrogen-bond acceptors (Lipinski definition) is 8. The lowest BCUT2D eigenvalue weighted by molar-refractivity contribution is -0.150. The summed E-state index contributed by atoms with van der Waals surface area (Å²) in [6, 6.07) is 5.87. The van der Waals surface area contributed by atoms with Crippen molar-refractivity contribution in [3.63, 3.8) is 0 Å². The fraction of sp³-hybridized carbons (Fsp3) is 0.531. The molecule has 0 bridgehead atoms. The fourth-order valence-electron chi connectivity index (χ4n) is 6.20. The summed E-state index contributed by atoms with van der Waals surface area (Å²) in [5.41, 5.74) is 10.5. The monoisotopic (exact) mass is 554 g/mol. The number of anilines is 1. The number of nitrogens with two attached hydrogens (primary N) is 1. The molecule has 2 unspecified atom stereocenters. The quantitative estimate of drug-likeness (QED) is 0.179. The molecule has 0 spiro atoms. The SMILES string of the molecule is C\C=C(/C=C(OC)\C(=C\OC)OC)C1CC(C(=O)OC)[C@H]2CCNCC/C(c3ccc(OC)cc3N)=C\C[C@H]2C1. The van der Waals surface area contributed by atoms with Crippen molar-refractivity contribution in [2.24, 2.45) is 23.7 Å². The summed E-state index contributed by atoms with van der Waals surface area (Å²) in [6.07, 6.45) is 12.3. The Balaban J connectivity index is 1.99. The van der Waals surface area contributed by atoms with Crippen molar-refractivity contribution in [1.29, 1.82) is 0 Å². The van der Waals surface area contributed by atoms with Crippen LogP contribution >= 0.6 is 0 Å². The molecule has 0 aromatic heterocycles. The third-order valence-corrected chi connectivity index (χ3v) is 8.26. The maximum Gasteiger partial charge on any atom is 0.308 e. The number of carbonyl (C=O) groups excluding carboxylic acids is 1.